The molecule has 0 radical (unpaired) electrons. The van der Waals surface area contributed by atoms with Crippen molar-refractivity contribution in [2.24, 2.45) is 26.9 Å². The number of hydrogen-bond donors (Lipinski definition) is 6. The van der Waals surface area contributed by atoms with Gasteiger partial charge in [-0.15, -0.1) is 0 Å². The van der Waals surface area contributed by atoms with Crippen LogP contribution >= 0.6 is 11.6 Å². The molecule has 7 N–H and O–H groups in total. The first-order valence-electron chi connectivity index (χ1n) is 11.3. The molecule has 0 aliphatic carbocycles. The summed E-state index contributed by atoms with van der Waals surface area (Å²) < 4.78 is 4.67. The largest absolute Gasteiger partial charge is 0.388 e. The highest BCUT2D eigenvalue weighted by Gasteiger charge is 2.18. The van der Waals surface area contributed by atoms with Crippen molar-refractivity contribution in [3.05, 3.63) is 65.5 Å². The number of nitrogens with two attached hydrogens (primary N) is 1. The number of amides is 4. The van der Waals surface area contributed by atoms with Crippen LogP contribution in [-0.2, 0) is 25.9 Å². The van der Waals surface area contributed by atoms with E-state index in [1.54, 1.807) is 53.4 Å². The molecule has 0 aromatic carbocycles. The molecule has 3 heterocycles. The fourth-order valence-corrected chi connectivity index (χ4v) is 3.72. The molecule has 3 aromatic heterocycles. The second-order valence-corrected chi connectivity index (χ2v) is 8.65. The highest BCUT2D eigenvalue weighted by Crippen LogP contribution is 2.19. The van der Waals surface area contributed by atoms with E-state index in [1.165, 1.54) is 18.2 Å². The molecular formula is C24H28ClN9O4. The molecule has 0 aliphatic rings. The number of anilines is 3. The summed E-state index contributed by atoms with van der Waals surface area (Å²) in [6.07, 6.45) is 6.14. The monoisotopic (exact) mass is 541 g/mol. The Balaban J connectivity index is 1.66. The van der Waals surface area contributed by atoms with E-state index in [0.717, 1.165) is 11.6 Å². The lowest BCUT2D eigenvalue weighted by Gasteiger charge is -2.04. The molecule has 0 atom stereocenters. The van der Waals surface area contributed by atoms with Gasteiger partial charge in [-0.3, -0.25) is 24.6 Å². The Bertz CT molecular complexity index is 1430. The molecule has 0 fully saturated rings. The normalized spacial score (nSPS) is 10.8. The van der Waals surface area contributed by atoms with Crippen molar-refractivity contribution in [3.63, 3.8) is 0 Å². The van der Waals surface area contributed by atoms with Gasteiger partial charge in [0.15, 0.2) is 0 Å². The number of hydrogen-bond acceptors (Lipinski definition) is 5. The zero-order valence-electron chi connectivity index (χ0n) is 21.0. The van der Waals surface area contributed by atoms with Gasteiger partial charge in [0.1, 0.15) is 17.1 Å². The SMILES string of the molecule is Cn1cc(NC(=O)c2cc(NC(=O)c3cc(NC(=O)/C=C/Cl)cn3C)cn2C)cc1C(=O)NCCC(=N)N. The van der Waals surface area contributed by atoms with E-state index in [4.69, 9.17) is 22.7 Å². The lowest BCUT2D eigenvalue weighted by Crippen LogP contribution is -2.28. The lowest BCUT2D eigenvalue weighted by atomic mass is 10.3. The summed E-state index contributed by atoms with van der Waals surface area (Å²) in [4.78, 5) is 49.8. The minimum atomic E-state index is -0.446. The molecule has 13 nitrogen and oxygen atoms in total. The van der Waals surface area contributed by atoms with Gasteiger partial charge >= 0.3 is 0 Å². The van der Waals surface area contributed by atoms with E-state index < -0.39 is 17.7 Å². The first-order valence-corrected chi connectivity index (χ1v) is 11.7. The van der Waals surface area contributed by atoms with Crippen LogP contribution in [0.4, 0.5) is 17.1 Å². The van der Waals surface area contributed by atoms with Crippen LogP contribution in [0.15, 0.2) is 48.4 Å². The molecule has 38 heavy (non-hydrogen) atoms. The highest BCUT2D eigenvalue weighted by molar-refractivity contribution is 6.27. The van der Waals surface area contributed by atoms with Gasteiger partial charge in [0.05, 0.1) is 22.9 Å². The van der Waals surface area contributed by atoms with Gasteiger partial charge in [-0.2, -0.15) is 0 Å². The van der Waals surface area contributed by atoms with Gasteiger partial charge < -0.3 is 40.7 Å². The minimum absolute atomic E-state index is 0.0269. The molecule has 0 unspecified atom stereocenters. The summed E-state index contributed by atoms with van der Waals surface area (Å²) in [6, 6.07) is 4.55. The number of aromatic nitrogens is 3. The van der Waals surface area contributed by atoms with Gasteiger partial charge in [0, 0.05) is 64.3 Å². The summed E-state index contributed by atoms with van der Waals surface area (Å²) in [5.74, 6) is -1.71. The van der Waals surface area contributed by atoms with Gasteiger partial charge in [-0.05, 0) is 18.2 Å². The van der Waals surface area contributed by atoms with Gasteiger partial charge in [0.25, 0.3) is 17.7 Å². The van der Waals surface area contributed by atoms with Gasteiger partial charge in [-0.25, -0.2) is 0 Å². The Morgan fingerprint density at radius 1 is 0.816 bits per heavy atom. The van der Waals surface area contributed by atoms with Gasteiger partial charge in [0.2, 0.25) is 5.91 Å². The number of nitrogens with zero attached hydrogens (tertiary/aromatic N) is 3. The first-order chi connectivity index (χ1) is 18.0. The average molecular weight is 542 g/mol. The molecule has 200 valence electrons. The third kappa shape index (κ3) is 6.91. The van der Waals surface area contributed by atoms with Crippen LogP contribution in [0.2, 0.25) is 0 Å². The van der Waals surface area contributed by atoms with E-state index in [-0.39, 0.29) is 36.1 Å². The summed E-state index contributed by atoms with van der Waals surface area (Å²) in [7, 11) is 4.98. The van der Waals surface area contributed by atoms with Crippen molar-refractivity contribution in [3.8, 4) is 0 Å². The van der Waals surface area contributed by atoms with E-state index in [0.29, 0.717) is 22.8 Å². The molecular weight excluding hydrogens is 514 g/mol. The summed E-state index contributed by atoms with van der Waals surface area (Å²) in [6.45, 7) is 0.225. The summed E-state index contributed by atoms with van der Waals surface area (Å²) >= 11 is 5.40. The fourth-order valence-electron chi connectivity index (χ4n) is 3.61. The molecule has 3 aromatic rings. The van der Waals surface area contributed by atoms with Crippen LogP contribution in [0.5, 0.6) is 0 Å². The number of halogens is 1. The fraction of sp³-hybridized carbons (Fsp3) is 0.208. The van der Waals surface area contributed by atoms with Crippen molar-refractivity contribution < 1.29 is 19.2 Å². The van der Waals surface area contributed by atoms with Crippen LogP contribution in [0.25, 0.3) is 0 Å². The number of carbonyl (C=O) groups is 4. The Morgan fingerprint density at radius 2 is 1.24 bits per heavy atom. The number of nitrogens with one attached hydrogen (secondary N) is 5. The number of aryl methyl sites for hydroxylation is 3. The van der Waals surface area contributed by atoms with Crippen LogP contribution in [0, 0.1) is 5.41 Å². The summed E-state index contributed by atoms with van der Waals surface area (Å²) in [5.41, 5.74) is 8.46. The van der Waals surface area contributed by atoms with Crippen LogP contribution in [0.3, 0.4) is 0 Å². The average Bonchev–Trinajstić information content (AvgIpc) is 3.49. The Kier molecular flexibility index (Phi) is 8.76. The smallest absolute Gasteiger partial charge is 0.272 e. The lowest BCUT2D eigenvalue weighted by molar-refractivity contribution is -0.111. The zero-order chi connectivity index (χ0) is 28.0. The molecule has 0 bridgehead atoms. The highest BCUT2D eigenvalue weighted by atomic mass is 35.5. The predicted octanol–water partition coefficient (Wildman–Crippen LogP) is 1.95. The summed E-state index contributed by atoms with van der Waals surface area (Å²) in [5, 5.41) is 18.0. The van der Waals surface area contributed by atoms with Gasteiger partial charge in [-0.1, -0.05) is 11.6 Å². The zero-order valence-corrected chi connectivity index (χ0v) is 21.7. The Morgan fingerprint density at radius 3 is 1.66 bits per heavy atom. The quantitative estimate of drug-likeness (QED) is 0.130. The van der Waals surface area contributed by atoms with Crippen LogP contribution < -0.4 is 27.0 Å². The van der Waals surface area contributed by atoms with Crippen molar-refractivity contribution >= 4 is 58.1 Å². The van der Waals surface area contributed by atoms with E-state index in [9.17, 15) is 19.2 Å². The molecule has 0 saturated heterocycles. The number of rotatable bonds is 10. The Labute approximate surface area is 223 Å². The molecule has 0 spiro atoms. The van der Waals surface area contributed by atoms with Crippen molar-refractivity contribution in [1.29, 1.82) is 5.41 Å². The third-order valence-electron chi connectivity index (χ3n) is 5.39. The van der Waals surface area contributed by atoms with Crippen molar-refractivity contribution in [1.82, 2.24) is 19.0 Å². The number of carbonyl (C=O) groups excluding carboxylic acids is 4. The predicted molar refractivity (Wildman–Crippen MR) is 145 cm³/mol. The van der Waals surface area contributed by atoms with Crippen molar-refractivity contribution in [2.75, 3.05) is 22.5 Å². The van der Waals surface area contributed by atoms with E-state index >= 15 is 0 Å². The topological polar surface area (TPSA) is 181 Å². The minimum Gasteiger partial charge on any atom is -0.388 e. The Hall–Kier alpha value is -4.78. The van der Waals surface area contributed by atoms with Crippen molar-refractivity contribution in [2.45, 2.75) is 6.42 Å². The second-order valence-electron chi connectivity index (χ2n) is 8.40. The second kappa shape index (κ2) is 12.0. The molecule has 4 amide bonds. The van der Waals surface area contributed by atoms with Crippen LogP contribution in [-0.4, -0.2) is 49.7 Å². The maximum atomic E-state index is 12.9. The number of amidine groups is 1. The standard InChI is InChI=1S/C24H28ClN9O4/c1-32-12-15(9-17(32)22(36)28-7-5-20(26)27)30-24(38)19-10-16(13-34(19)3)31-23(37)18-8-14(11-33(18)2)29-21(35)4-6-25/h4,6,8-13H,5,7H2,1-3H3,(H3,26,27)(H,28,36)(H,29,35)(H,30,38)(H,31,37)/b6-4+. The first kappa shape index (κ1) is 27.8. The van der Waals surface area contributed by atoms with E-state index in [1.807, 2.05) is 0 Å². The maximum absolute atomic E-state index is 12.9. The molecule has 14 heteroatoms. The third-order valence-corrected chi connectivity index (χ3v) is 5.52. The van der Waals surface area contributed by atoms with Crippen LogP contribution in [0.1, 0.15) is 37.9 Å². The maximum Gasteiger partial charge on any atom is 0.272 e. The molecule has 3 rings (SSSR count). The molecule has 0 aliphatic heterocycles. The van der Waals surface area contributed by atoms with E-state index in [2.05, 4.69) is 21.3 Å². The molecule has 0 saturated carbocycles.